The number of carbonyl (C=O) groups is 1. The highest BCUT2D eigenvalue weighted by atomic mass is 32.1. The Morgan fingerprint density at radius 2 is 1.72 bits per heavy atom. The van der Waals surface area contributed by atoms with Gasteiger partial charge in [0.25, 0.3) is 0 Å². The van der Waals surface area contributed by atoms with Crippen molar-refractivity contribution in [3.8, 4) is 16.3 Å². The van der Waals surface area contributed by atoms with Gasteiger partial charge in [0.05, 0.1) is 15.9 Å². The van der Waals surface area contributed by atoms with Crippen LogP contribution in [0.5, 0.6) is 5.06 Å². The molecule has 6 nitrogen and oxygen atoms in total. The highest BCUT2D eigenvalue weighted by molar-refractivity contribution is 7.21. The molecule has 1 saturated carbocycles. The van der Waals surface area contributed by atoms with Crippen LogP contribution >= 0.6 is 11.3 Å². The van der Waals surface area contributed by atoms with Gasteiger partial charge in [-0.15, -0.1) is 0 Å². The number of hydrogen-bond acceptors (Lipinski definition) is 5. The molecule has 0 saturated heterocycles. The summed E-state index contributed by atoms with van der Waals surface area (Å²) >= 11 is 1.45. The van der Waals surface area contributed by atoms with Crippen molar-refractivity contribution in [2.75, 3.05) is 7.11 Å². The maximum absolute atomic E-state index is 11.6. The molecule has 4 aromatic rings. The van der Waals surface area contributed by atoms with E-state index in [1.807, 2.05) is 24.3 Å². The van der Waals surface area contributed by atoms with Gasteiger partial charge in [-0.25, -0.2) is 4.79 Å². The number of rotatable bonds is 9. The van der Waals surface area contributed by atoms with E-state index < -0.39 is 6.16 Å². The monoisotopic (exact) mass is 504 g/mol. The number of ether oxygens (including phenoxy) is 2. The Balaban J connectivity index is 1.67. The fraction of sp³-hybridized carbons (Fsp3) is 0.345. The lowest BCUT2D eigenvalue weighted by Gasteiger charge is -2.23. The third-order valence-electron chi connectivity index (χ3n) is 6.95. The lowest BCUT2D eigenvalue weighted by Crippen LogP contribution is -2.15. The first kappa shape index (κ1) is 24.6. The second kappa shape index (κ2) is 11.3. The van der Waals surface area contributed by atoms with Crippen LogP contribution in [0.1, 0.15) is 54.7 Å². The highest BCUT2D eigenvalue weighted by Gasteiger charge is 2.31. The quantitative estimate of drug-likeness (QED) is 0.233. The maximum Gasteiger partial charge on any atom is 0.512 e. The van der Waals surface area contributed by atoms with Crippen LogP contribution in [-0.2, 0) is 24.6 Å². The smallest absolute Gasteiger partial charge is 0.449 e. The number of methoxy groups -OCH3 is 1. The van der Waals surface area contributed by atoms with Gasteiger partial charge in [-0.05, 0) is 35.4 Å². The topological polar surface area (TPSA) is 72.7 Å². The summed E-state index contributed by atoms with van der Waals surface area (Å²) < 4.78 is 14.4. The minimum absolute atomic E-state index is 0.377. The van der Waals surface area contributed by atoms with Crippen molar-refractivity contribution < 1.29 is 19.4 Å². The van der Waals surface area contributed by atoms with Crippen LogP contribution in [0.3, 0.4) is 0 Å². The minimum atomic E-state index is -1.29. The van der Waals surface area contributed by atoms with E-state index >= 15 is 0 Å². The van der Waals surface area contributed by atoms with E-state index in [-0.39, 0.29) is 0 Å². The molecule has 0 atom stereocenters. The van der Waals surface area contributed by atoms with E-state index in [9.17, 15) is 9.90 Å². The molecule has 2 heterocycles. The second-order valence-electron chi connectivity index (χ2n) is 9.31. The Morgan fingerprint density at radius 3 is 2.39 bits per heavy atom. The third-order valence-corrected chi connectivity index (χ3v) is 8.09. The largest absolute Gasteiger partial charge is 0.512 e. The van der Waals surface area contributed by atoms with Gasteiger partial charge in [0.2, 0.25) is 0 Å². The molecule has 2 aromatic heterocycles. The highest BCUT2D eigenvalue weighted by Crippen LogP contribution is 2.50. The van der Waals surface area contributed by atoms with Crippen LogP contribution in [0, 0.1) is 0 Å². The molecule has 5 rings (SSSR count). The number of benzene rings is 2. The molecule has 188 valence electrons. The maximum atomic E-state index is 11.6. The molecule has 0 spiro atoms. The zero-order valence-corrected chi connectivity index (χ0v) is 21.4. The molecular formula is C29H32N2O4S. The summed E-state index contributed by atoms with van der Waals surface area (Å²) in [6.45, 7) is 1.54. The van der Waals surface area contributed by atoms with Gasteiger partial charge in [-0.2, -0.15) is 0 Å². The van der Waals surface area contributed by atoms with E-state index in [1.165, 1.54) is 47.4 Å². The van der Waals surface area contributed by atoms with Crippen LogP contribution in [0.15, 0.2) is 60.7 Å². The average molecular weight is 505 g/mol. The number of aromatic nitrogens is 1. The minimum Gasteiger partial charge on any atom is -0.449 e. The summed E-state index contributed by atoms with van der Waals surface area (Å²) in [5.74, 6) is 0.427. The number of thiophene rings is 1. The normalized spacial score (nSPS) is 14.4. The molecule has 7 heteroatoms. The third kappa shape index (κ3) is 5.05. The van der Waals surface area contributed by atoms with Crippen molar-refractivity contribution in [2.45, 2.75) is 57.8 Å². The molecule has 0 amide bonds. The lowest BCUT2D eigenvalue weighted by atomic mass is 9.83. The molecule has 2 aromatic carbocycles. The summed E-state index contributed by atoms with van der Waals surface area (Å²) in [5, 5.41) is 13.5. The zero-order valence-electron chi connectivity index (χ0n) is 20.5. The lowest BCUT2D eigenvalue weighted by molar-refractivity contribution is 0.135. The molecular weight excluding hydrogens is 472 g/mol. The Bertz CT molecular complexity index is 1310. The Labute approximate surface area is 215 Å². The first-order chi connectivity index (χ1) is 17.7. The predicted molar refractivity (Wildman–Crippen MR) is 144 cm³/mol. The first-order valence-corrected chi connectivity index (χ1v) is 13.4. The van der Waals surface area contributed by atoms with Gasteiger partial charge in [0.1, 0.15) is 6.73 Å². The Morgan fingerprint density at radius 1 is 1.03 bits per heavy atom. The van der Waals surface area contributed by atoms with Crippen molar-refractivity contribution >= 4 is 27.7 Å². The molecule has 0 aliphatic heterocycles. The average Bonchev–Trinajstić information content (AvgIpc) is 3.40. The van der Waals surface area contributed by atoms with Crippen molar-refractivity contribution in [3.63, 3.8) is 0 Å². The molecule has 0 unspecified atom stereocenters. The fourth-order valence-electron chi connectivity index (χ4n) is 5.45. The van der Waals surface area contributed by atoms with E-state index in [2.05, 4.69) is 46.3 Å². The second-order valence-corrected chi connectivity index (χ2v) is 10.3. The van der Waals surface area contributed by atoms with Crippen LogP contribution in [0.2, 0.25) is 0 Å². The van der Waals surface area contributed by atoms with E-state index in [4.69, 9.17) is 9.47 Å². The van der Waals surface area contributed by atoms with Gasteiger partial charge >= 0.3 is 6.16 Å². The van der Waals surface area contributed by atoms with Crippen LogP contribution in [0.4, 0.5) is 4.79 Å². The van der Waals surface area contributed by atoms with E-state index in [0.717, 1.165) is 34.2 Å². The number of nitrogens with zero attached hydrogens (tertiary/aromatic N) is 1. The standard InChI is InChI=1S/C29H32N2O4S/c1-34-19-31-25(22-15-9-4-10-16-22)24(21-13-7-3-8-14-21)27-26(31)23(28(36-27)35-29(32)33)18-30-17-20-11-5-2-6-12-20/h2,4-6,9-12,15-16,21,30H,3,7-8,13-14,17-19H2,1H3,(H,32,33). The van der Waals surface area contributed by atoms with Gasteiger partial charge in [-0.3, -0.25) is 0 Å². The fourth-order valence-corrected chi connectivity index (χ4v) is 6.74. The predicted octanol–water partition coefficient (Wildman–Crippen LogP) is 7.37. The van der Waals surface area contributed by atoms with Gasteiger partial charge < -0.3 is 24.5 Å². The van der Waals surface area contributed by atoms with E-state index in [1.54, 1.807) is 7.11 Å². The molecule has 1 aliphatic carbocycles. The molecule has 2 N–H and O–H groups in total. The zero-order chi connectivity index (χ0) is 24.9. The SMILES string of the molecule is COCn1c(-c2ccccc2)c(C2CCCCC2)c2sc(OC(=O)O)c(CNCc3ccccc3)c21. The van der Waals surface area contributed by atoms with E-state index in [0.29, 0.717) is 30.8 Å². The summed E-state index contributed by atoms with van der Waals surface area (Å²) in [5.41, 5.74) is 6.69. The summed E-state index contributed by atoms with van der Waals surface area (Å²) in [6, 6.07) is 20.7. The first-order valence-electron chi connectivity index (χ1n) is 12.5. The van der Waals surface area contributed by atoms with Crippen molar-refractivity contribution in [3.05, 3.63) is 77.4 Å². The molecule has 1 fully saturated rings. The van der Waals surface area contributed by atoms with Gasteiger partial charge in [0.15, 0.2) is 5.06 Å². The van der Waals surface area contributed by atoms with Gasteiger partial charge in [0, 0.05) is 25.8 Å². The molecule has 36 heavy (non-hydrogen) atoms. The van der Waals surface area contributed by atoms with Gasteiger partial charge in [-0.1, -0.05) is 91.3 Å². The van der Waals surface area contributed by atoms with Crippen LogP contribution < -0.4 is 10.1 Å². The van der Waals surface area contributed by atoms with Crippen LogP contribution in [0.25, 0.3) is 21.5 Å². The van der Waals surface area contributed by atoms with Crippen molar-refractivity contribution in [1.29, 1.82) is 0 Å². The number of nitrogens with one attached hydrogen (secondary N) is 1. The summed E-state index contributed by atoms with van der Waals surface area (Å²) in [7, 11) is 1.70. The number of fused-ring (bicyclic) bond motifs is 1. The Hall–Kier alpha value is -3.13. The van der Waals surface area contributed by atoms with Crippen molar-refractivity contribution in [1.82, 2.24) is 9.88 Å². The number of hydrogen-bond donors (Lipinski definition) is 2. The molecule has 0 radical (unpaired) electrons. The summed E-state index contributed by atoms with van der Waals surface area (Å²) in [4.78, 5) is 11.6. The van der Waals surface area contributed by atoms with Crippen LogP contribution in [-0.4, -0.2) is 22.9 Å². The molecule has 0 bridgehead atoms. The number of carboxylic acid groups (broad SMARTS) is 1. The summed E-state index contributed by atoms with van der Waals surface area (Å²) in [6.07, 6.45) is 4.69. The van der Waals surface area contributed by atoms with Crippen molar-refractivity contribution in [2.24, 2.45) is 0 Å². The Kier molecular flexibility index (Phi) is 7.70. The molecule has 1 aliphatic rings.